The molecule has 1 fully saturated rings. The van der Waals surface area contributed by atoms with Crippen LogP contribution in [0.4, 0.5) is 4.39 Å². The number of carbonyl (C=O) groups is 2. The lowest BCUT2D eigenvalue weighted by Crippen LogP contribution is -2.50. The second-order valence-electron chi connectivity index (χ2n) is 5.00. The maximum absolute atomic E-state index is 13.0. The first-order chi connectivity index (χ1) is 8.95. The monoisotopic (exact) mass is 265 g/mol. The largest absolute Gasteiger partial charge is 0.480 e. The van der Waals surface area contributed by atoms with Gasteiger partial charge in [0.05, 0.1) is 5.41 Å². The number of rotatable bonds is 4. The van der Waals surface area contributed by atoms with Gasteiger partial charge in [-0.2, -0.15) is 0 Å². The van der Waals surface area contributed by atoms with Crippen molar-refractivity contribution in [2.75, 3.05) is 13.6 Å². The highest BCUT2D eigenvalue weighted by Crippen LogP contribution is 2.45. The molecular formula is C14H16FNO3. The van der Waals surface area contributed by atoms with E-state index >= 15 is 0 Å². The maximum Gasteiger partial charge on any atom is 0.323 e. The second kappa shape index (κ2) is 4.99. The van der Waals surface area contributed by atoms with Gasteiger partial charge in [0.2, 0.25) is 5.91 Å². The molecule has 102 valence electrons. The molecule has 2 rings (SSSR count). The van der Waals surface area contributed by atoms with Gasteiger partial charge in [0.1, 0.15) is 12.4 Å². The first kappa shape index (κ1) is 13.5. The van der Waals surface area contributed by atoms with Crippen molar-refractivity contribution in [1.82, 2.24) is 4.90 Å². The van der Waals surface area contributed by atoms with E-state index in [0.29, 0.717) is 12.8 Å². The van der Waals surface area contributed by atoms with E-state index in [4.69, 9.17) is 5.11 Å². The lowest BCUT2D eigenvalue weighted by atomic mass is 9.63. The minimum Gasteiger partial charge on any atom is -0.480 e. The number of likely N-dealkylation sites (N-methyl/N-ethyl adjacent to an activating group) is 1. The van der Waals surface area contributed by atoms with Crippen LogP contribution in [-0.4, -0.2) is 35.5 Å². The van der Waals surface area contributed by atoms with E-state index in [1.54, 1.807) is 12.1 Å². The van der Waals surface area contributed by atoms with Gasteiger partial charge in [-0.3, -0.25) is 9.59 Å². The Labute approximate surface area is 110 Å². The Bertz CT molecular complexity index is 494. The van der Waals surface area contributed by atoms with Crippen LogP contribution in [0.2, 0.25) is 0 Å². The summed E-state index contributed by atoms with van der Waals surface area (Å²) in [5.74, 6) is -1.58. The Morgan fingerprint density at radius 1 is 1.32 bits per heavy atom. The Morgan fingerprint density at radius 2 is 1.89 bits per heavy atom. The predicted molar refractivity (Wildman–Crippen MR) is 67.2 cm³/mol. The molecule has 1 amide bonds. The molecule has 0 spiro atoms. The van der Waals surface area contributed by atoms with E-state index in [1.165, 1.54) is 24.1 Å². The van der Waals surface area contributed by atoms with Gasteiger partial charge >= 0.3 is 5.97 Å². The van der Waals surface area contributed by atoms with E-state index < -0.39 is 11.4 Å². The first-order valence-corrected chi connectivity index (χ1v) is 6.19. The van der Waals surface area contributed by atoms with Crippen LogP contribution in [0.1, 0.15) is 24.8 Å². The number of carboxylic acid groups (broad SMARTS) is 1. The third-order valence-corrected chi connectivity index (χ3v) is 3.73. The third-order valence-electron chi connectivity index (χ3n) is 3.73. The van der Waals surface area contributed by atoms with Crippen molar-refractivity contribution in [2.45, 2.75) is 24.7 Å². The summed E-state index contributed by atoms with van der Waals surface area (Å²) in [6, 6.07) is 5.89. The minimum atomic E-state index is -1.04. The lowest BCUT2D eigenvalue weighted by Gasteiger charge is -2.42. The zero-order valence-electron chi connectivity index (χ0n) is 10.7. The van der Waals surface area contributed by atoms with E-state index in [-0.39, 0.29) is 18.3 Å². The summed E-state index contributed by atoms with van der Waals surface area (Å²) in [6.07, 6.45) is 2.28. The number of hydrogen-bond acceptors (Lipinski definition) is 2. The Morgan fingerprint density at radius 3 is 2.32 bits per heavy atom. The standard InChI is InChI=1S/C14H16FNO3/c1-16(9-12(17)18)13(19)14(7-2-8-14)10-3-5-11(15)6-4-10/h3-6H,2,7-9H2,1H3,(H,17,18). The molecule has 1 saturated carbocycles. The summed E-state index contributed by atoms with van der Waals surface area (Å²) < 4.78 is 13.0. The molecule has 5 heteroatoms. The fourth-order valence-corrected chi connectivity index (χ4v) is 2.57. The SMILES string of the molecule is CN(CC(=O)O)C(=O)C1(c2ccc(F)cc2)CCC1. The van der Waals surface area contributed by atoms with Crippen LogP contribution < -0.4 is 0 Å². The van der Waals surface area contributed by atoms with Crippen LogP contribution in [0.3, 0.4) is 0 Å². The Kier molecular flexibility index (Phi) is 3.55. The van der Waals surface area contributed by atoms with Gasteiger partial charge in [-0.05, 0) is 30.5 Å². The summed E-state index contributed by atoms with van der Waals surface area (Å²) in [7, 11) is 1.49. The highest BCUT2D eigenvalue weighted by molar-refractivity contribution is 5.91. The molecule has 1 N–H and O–H groups in total. The Hall–Kier alpha value is -1.91. The first-order valence-electron chi connectivity index (χ1n) is 6.19. The molecule has 1 aromatic carbocycles. The number of amides is 1. The van der Waals surface area contributed by atoms with Crippen molar-refractivity contribution in [1.29, 1.82) is 0 Å². The van der Waals surface area contributed by atoms with Crippen LogP contribution in [0, 0.1) is 5.82 Å². The van der Waals surface area contributed by atoms with Gasteiger partial charge in [-0.15, -0.1) is 0 Å². The van der Waals surface area contributed by atoms with Gasteiger partial charge in [-0.25, -0.2) is 4.39 Å². The molecule has 1 aromatic rings. The molecule has 1 aliphatic carbocycles. The molecule has 0 bridgehead atoms. The number of nitrogens with zero attached hydrogens (tertiary/aromatic N) is 1. The zero-order chi connectivity index (χ0) is 14.0. The number of carbonyl (C=O) groups excluding carboxylic acids is 1. The number of carboxylic acids is 1. The smallest absolute Gasteiger partial charge is 0.323 e. The third kappa shape index (κ3) is 2.45. The molecule has 0 aliphatic heterocycles. The van der Waals surface area contributed by atoms with Gasteiger partial charge in [0.25, 0.3) is 0 Å². The average molecular weight is 265 g/mol. The van der Waals surface area contributed by atoms with Crippen molar-refractivity contribution < 1.29 is 19.1 Å². The maximum atomic E-state index is 13.0. The minimum absolute atomic E-state index is 0.201. The molecule has 4 nitrogen and oxygen atoms in total. The van der Waals surface area contributed by atoms with Crippen molar-refractivity contribution >= 4 is 11.9 Å². The quantitative estimate of drug-likeness (QED) is 0.903. The molecule has 0 aromatic heterocycles. The van der Waals surface area contributed by atoms with E-state index in [2.05, 4.69) is 0 Å². The van der Waals surface area contributed by atoms with Crippen LogP contribution in [0.15, 0.2) is 24.3 Å². The normalized spacial score (nSPS) is 16.5. The fraction of sp³-hybridized carbons (Fsp3) is 0.429. The number of halogens is 1. The summed E-state index contributed by atoms with van der Waals surface area (Å²) in [6.45, 7) is -0.318. The molecule has 0 saturated heterocycles. The Balaban J connectivity index is 2.25. The molecule has 0 atom stereocenters. The summed E-state index contributed by atoms with van der Waals surface area (Å²) in [4.78, 5) is 24.3. The molecule has 1 aliphatic rings. The molecule has 19 heavy (non-hydrogen) atoms. The van der Waals surface area contributed by atoms with Gasteiger partial charge in [0, 0.05) is 7.05 Å². The molecular weight excluding hydrogens is 249 g/mol. The van der Waals surface area contributed by atoms with Crippen LogP contribution in [0.5, 0.6) is 0 Å². The van der Waals surface area contributed by atoms with E-state index in [9.17, 15) is 14.0 Å². The van der Waals surface area contributed by atoms with Crippen LogP contribution in [-0.2, 0) is 15.0 Å². The van der Waals surface area contributed by atoms with Crippen molar-refractivity contribution in [3.05, 3.63) is 35.6 Å². The number of aliphatic carboxylic acids is 1. The second-order valence-corrected chi connectivity index (χ2v) is 5.00. The van der Waals surface area contributed by atoms with Crippen LogP contribution in [0.25, 0.3) is 0 Å². The van der Waals surface area contributed by atoms with Crippen molar-refractivity contribution in [3.63, 3.8) is 0 Å². The summed E-state index contributed by atoms with van der Waals surface area (Å²) in [5, 5.41) is 8.75. The van der Waals surface area contributed by atoms with Gasteiger partial charge in [0.15, 0.2) is 0 Å². The number of benzene rings is 1. The molecule has 0 unspecified atom stereocenters. The highest BCUT2D eigenvalue weighted by atomic mass is 19.1. The van der Waals surface area contributed by atoms with Gasteiger partial charge in [-0.1, -0.05) is 18.6 Å². The topological polar surface area (TPSA) is 57.6 Å². The zero-order valence-corrected chi connectivity index (χ0v) is 10.7. The average Bonchev–Trinajstić information content (AvgIpc) is 2.29. The van der Waals surface area contributed by atoms with E-state index in [0.717, 1.165) is 12.0 Å². The number of hydrogen-bond donors (Lipinski definition) is 1. The fourth-order valence-electron chi connectivity index (χ4n) is 2.57. The van der Waals surface area contributed by atoms with Crippen molar-refractivity contribution in [2.24, 2.45) is 0 Å². The molecule has 0 heterocycles. The summed E-state index contributed by atoms with van der Waals surface area (Å²) in [5.41, 5.74) is 0.0974. The van der Waals surface area contributed by atoms with Crippen molar-refractivity contribution in [3.8, 4) is 0 Å². The molecule has 0 radical (unpaired) electrons. The van der Waals surface area contributed by atoms with E-state index in [1.807, 2.05) is 0 Å². The summed E-state index contributed by atoms with van der Waals surface area (Å²) >= 11 is 0. The van der Waals surface area contributed by atoms with Gasteiger partial charge < -0.3 is 10.0 Å². The lowest BCUT2D eigenvalue weighted by molar-refractivity contribution is -0.147. The predicted octanol–water partition coefficient (Wildman–Crippen LogP) is 1.79. The highest BCUT2D eigenvalue weighted by Gasteiger charge is 2.47. The van der Waals surface area contributed by atoms with Crippen LogP contribution >= 0.6 is 0 Å².